The summed E-state index contributed by atoms with van der Waals surface area (Å²) in [4.78, 5) is 4.19. The first kappa shape index (κ1) is 10.7. The van der Waals surface area contributed by atoms with E-state index in [-0.39, 0.29) is 6.10 Å². The molecule has 0 saturated heterocycles. The van der Waals surface area contributed by atoms with E-state index < -0.39 is 0 Å². The molecule has 2 heteroatoms. The quantitative estimate of drug-likeness (QED) is 0.871. The Morgan fingerprint density at radius 3 is 3.00 bits per heavy atom. The highest BCUT2D eigenvalue weighted by molar-refractivity contribution is 5.84. The van der Waals surface area contributed by atoms with E-state index in [1.165, 1.54) is 29.2 Å². The molecule has 1 heterocycles. The van der Waals surface area contributed by atoms with E-state index >= 15 is 0 Å². The van der Waals surface area contributed by atoms with E-state index in [0.717, 1.165) is 12.8 Å². The van der Waals surface area contributed by atoms with Crippen LogP contribution < -0.4 is 0 Å². The maximum atomic E-state index is 9.91. The third kappa shape index (κ3) is 2.32. The number of fused-ring (bicyclic) bond motifs is 1. The van der Waals surface area contributed by atoms with Crippen LogP contribution in [0.2, 0.25) is 0 Å². The number of rotatable bonds is 4. The van der Waals surface area contributed by atoms with Crippen molar-refractivity contribution in [2.45, 2.75) is 31.8 Å². The fourth-order valence-electron chi connectivity index (χ4n) is 2.41. The van der Waals surface area contributed by atoms with Crippen LogP contribution in [0.1, 0.15) is 24.8 Å². The average molecular weight is 227 g/mol. The molecule has 88 valence electrons. The Balaban J connectivity index is 1.79. The second-order valence-corrected chi connectivity index (χ2v) is 4.96. The number of aliphatic hydroxyl groups excluding tert-OH is 1. The molecule has 0 bridgehead atoms. The minimum absolute atomic E-state index is 0.109. The number of aromatic nitrogens is 1. The Labute approximate surface area is 101 Å². The van der Waals surface area contributed by atoms with E-state index in [1.54, 1.807) is 0 Å². The van der Waals surface area contributed by atoms with Crippen molar-refractivity contribution >= 4 is 10.8 Å². The number of pyridine rings is 1. The number of hydrogen-bond acceptors (Lipinski definition) is 2. The first-order valence-electron chi connectivity index (χ1n) is 6.34. The highest BCUT2D eigenvalue weighted by atomic mass is 16.3. The Bertz CT molecular complexity index is 514. The lowest BCUT2D eigenvalue weighted by molar-refractivity contribution is 0.142. The van der Waals surface area contributed by atoms with Crippen LogP contribution in [0, 0.1) is 5.92 Å². The summed E-state index contributed by atoms with van der Waals surface area (Å²) in [5, 5.41) is 12.4. The summed E-state index contributed by atoms with van der Waals surface area (Å²) < 4.78 is 0. The molecule has 1 aliphatic rings. The third-order valence-electron chi connectivity index (χ3n) is 3.65. The maximum absolute atomic E-state index is 9.91. The predicted molar refractivity (Wildman–Crippen MR) is 68.8 cm³/mol. The van der Waals surface area contributed by atoms with Gasteiger partial charge < -0.3 is 5.11 Å². The second-order valence-electron chi connectivity index (χ2n) is 4.96. The minimum atomic E-state index is -0.109. The molecule has 1 aliphatic carbocycles. The van der Waals surface area contributed by atoms with E-state index in [2.05, 4.69) is 23.2 Å². The van der Waals surface area contributed by atoms with Gasteiger partial charge in [0.05, 0.1) is 6.10 Å². The van der Waals surface area contributed by atoms with Gasteiger partial charge in [0, 0.05) is 17.8 Å². The molecule has 1 N–H and O–H groups in total. The number of hydrogen-bond donors (Lipinski definition) is 1. The number of nitrogens with zero attached hydrogens (tertiary/aromatic N) is 1. The van der Waals surface area contributed by atoms with Crippen molar-refractivity contribution in [2.24, 2.45) is 5.92 Å². The van der Waals surface area contributed by atoms with Gasteiger partial charge in [-0.2, -0.15) is 0 Å². The smallest absolute Gasteiger partial charge is 0.0571 e. The van der Waals surface area contributed by atoms with Crippen LogP contribution >= 0.6 is 0 Å². The van der Waals surface area contributed by atoms with Crippen LogP contribution in [-0.2, 0) is 6.42 Å². The van der Waals surface area contributed by atoms with Gasteiger partial charge in [-0.05, 0) is 48.6 Å². The van der Waals surface area contributed by atoms with Gasteiger partial charge in [-0.3, -0.25) is 4.98 Å². The molecule has 1 unspecified atom stereocenters. The van der Waals surface area contributed by atoms with E-state index in [9.17, 15) is 5.11 Å². The van der Waals surface area contributed by atoms with Crippen LogP contribution in [0.25, 0.3) is 10.8 Å². The van der Waals surface area contributed by atoms with Crippen LogP contribution in [0.4, 0.5) is 0 Å². The summed E-state index contributed by atoms with van der Waals surface area (Å²) in [5.41, 5.74) is 1.30. The molecule has 0 spiro atoms. The highest BCUT2D eigenvalue weighted by Gasteiger charge is 2.29. The largest absolute Gasteiger partial charge is 0.393 e. The molecule has 1 aromatic heterocycles. The summed E-state index contributed by atoms with van der Waals surface area (Å²) in [5.74, 6) is 0.572. The lowest BCUT2D eigenvalue weighted by Gasteiger charge is -2.10. The Kier molecular flexibility index (Phi) is 2.81. The zero-order valence-corrected chi connectivity index (χ0v) is 9.84. The molecular weight excluding hydrogens is 210 g/mol. The first-order chi connectivity index (χ1) is 8.34. The normalized spacial score (nSPS) is 17.2. The van der Waals surface area contributed by atoms with Gasteiger partial charge in [-0.15, -0.1) is 0 Å². The van der Waals surface area contributed by atoms with E-state index in [0.29, 0.717) is 5.92 Å². The molecular formula is C15H17NO. The molecule has 0 aliphatic heterocycles. The van der Waals surface area contributed by atoms with Gasteiger partial charge in [0.25, 0.3) is 0 Å². The predicted octanol–water partition coefficient (Wildman–Crippen LogP) is 2.94. The van der Waals surface area contributed by atoms with E-state index in [1.807, 2.05) is 18.5 Å². The fourth-order valence-corrected chi connectivity index (χ4v) is 2.41. The molecule has 1 fully saturated rings. The van der Waals surface area contributed by atoms with Crippen molar-refractivity contribution in [2.75, 3.05) is 0 Å². The lowest BCUT2D eigenvalue weighted by Crippen LogP contribution is -2.10. The second kappa shape index (κ2) is 4.46. The monoisotopic (exact) mass is 227 g/mol. The van der Waals surface area contributed by atoms with Crippen LogP contribution in [0.5, 0.6) is 0 Å². The molecule has 17 heavy (non-hydrogen) atoms. The molecule has 1 atom stereocenters. The standard InChI is InChI=1S/C15H17NO/c17-15(13-4-5-13)7-6-11-2-1-3-12-8-9-16-10-14(11)12/h1-3,8-10,13,15,17H,4-7H2. The van der Waals surface area contributed by atoms with Crippen molar-refractivity contribution < 1.29 is 5.11 Å². The SMILES string of the molecule is OC(CCc1cccc2ccncc12)C1CC1. The van der Waals surface area contributed by atoms with Gasteiger partial charge in [-0.1, -0.05) is 18.2 Å². The van der Waals surface area contributed by atoms with Crippen molar-refractivity contribution in [1.82, 2.24) is 4.98 Å². The minimum Gasteiger partial charge on any atom is -0.393 e. The molecule has 2 nitrogen and oxygen atoms in total. The number of aryl methyl sites for hydroxylation is 1. The number of aliphatic hydroxyl groups is 1. The first-order valence-corrected chi connectivity index (χ1v) is 6.34. The molecule has 3 rings (SSSR count). The van der Waals surface area contributed by atoms with Gasteiger partial charge in [0.1, 0.15) is 0 Å². The van der Waals surface area contributed by atoms with Crippen LogP contribution in [-0.4, -0.2) is 16.2 Å². The van der Waals surface area contributed by atoms with Crippen LogP contribution in [0.15, 0.2) is 36.7 Å². The highest BCUT2D eigenvalue weighted by Crippen LogP contribution is 2.34. The molecule has 0 radical (unpaired) electrons. The zero-order chi connectivity index (χ0) is 11.7. The lowest BCUT2D eigenvalue weighted by atomic mass is 10.00. The van der Waals surface area contributed by atoms with Crippen molar-refractivity contribution in [3.63, 3.8) is 0 Å². The summed E-state index contributed by atoms with van der Waals surface area (Å²) in [6, 6.07) is 8.37. The average Bonchev–Trinajstić information content (AvgIpc) is 3.20. The maximum Gasteiger partial charge on any atom is 0.0571 e. The number of benzene rings is 1. The van der Waals surface area contributed by atoms with Crippen molar-refractivity contribution in [1.29, 1.82) is 0 Å². The molecule has 1 saturated carbocycles. The fraction of sp³-hybridized carbons (Fsp3) is 0.400. The Morgan fingerprint density at radius 1 is 1.29 bits per heavy atom. The zero-order valence-electron chi connectivity index (χ0n) is 9.84. The van der Waals surface area contributed by atoms with Gasteiger partial charge in [0.2, 0.25) is 0 Å². The molecule has 1 aromatic carbocycles. The summed E-state index contributed by atoms with van der Waals surface area (Å²) in [6.07, 6.45) is 7.87. The van der Waals surface area contributed by atoms with Gasteiger partial charge >= 0.3 is 0 Å². The molecule has 2 aromatic rings. The molecule has 0 amide bonds. The summed E-state index contributed by atoms with van der Waals surface area (Å²) >= 11 is 0. The van der Waals surface area contributed by atoms with Gasteiger partial charge in [-0.25, -0.2) is 0 Å². The van der Waals surface area contributed by atoms with Crippen LogP contribution in [0.3, 0.4) is 0 Å². The Hall–Kier alpha value is -1.41. The summed E-state index contributed by atoms with van der Waals surface area (Å²) in [7, 11) is 0. The van der Waals surface area contributed by atoms with E-state index in [4.69, 9.17) is 0 Å². The van der Waals surface area contributed by atoms with Gasteiger partial charge in [0.15, 0.2) is 0 Å². The van der Waals surface area contributed by atoms with Crippen molar-refractivity contribution in [3.8, 4) is 0 Å². The third-order valence-corrected chi connectivity index (χ3v) is 3.65. The topological polar surface area (TPSA) is 33.1 Å². The summed E-state index contributed by atoms with van der Waals surface area (Å²) in [6.45, 7) is 0. The Morgan fingerprint density at radius 2 is 2.18 bits per heavy atom. The van der Waals surface area contributed by atoms with Crippen molar-refractivity contribution in [3.05, 3.63) is 42.2 Å².